The van der Waals surface area contributed by atoms with Gasteiger partial charge in [0.15, 0.2) is 0 Å². The quantitative estimate of drug-likeness (QED) is 0.861. The van der Waals surface area contributed by atoms with Crippen LogP contribution in [0.5, 0.6) is 5.75 Å². The number of hydrogen-bond donors (Lipinski definition) is 1. The van der Waals surface area contributed by atoms with Gasteiger partial charge in [0.05, 0.1) is 7.11 Å². The van der Waals surface area contributed by atoms with Crippen molar-refractivity contribution in [3.63, 3.8) is 0 Å². The molecule has 0 unspecified atom stereocenters. The summed E-state index contributed by atoms with van der Waals surface area (Å²) in [5.41, 5.74) is 11.0. The minimum Gasteiger partial charge on any atom is -0.496 e. The number of ether oxygens (including phenoxy) is 1. The molecule has 0 aromatic heterocycles. The summed E-state index contributed by atoms with van der Waals surface area (Å²) in [5, 5.41) is 0. The zero-order valence-electron chi connectivity index (χ0n) is 13.2. The number of anilines is 1. The van der Waals surface area contributed by atoms with Gasteiger partial charge in [0.25, 0.3) is 0 Å². The number of fused-ring (bicyclic) bond motifs is 1. The van der Waals surface area contributed by atoms with E-state index in [9.17, 15) is 0 Å². The highest BCUT2D eigenvalue weighted by molar-refractivity contribution is 5.57. The van der Waals surface area contributed by atoms with Gasteiger partial charge in [-0.1, -0.05) is 30.3 Å². The fourth-order valence-corrected chi connectivity index (χ4v) is 3.26. The van der Waals surface area contributed by atoms with Crippen LogP contribution in [0.3, 0.4) is 0 Å². The van der Waals surface area contributed by atoms with Gasteiger partial charge in [-0.05, 0) is 49.1 Å². The Morgan fingerprint density at radius 2 is 1.91 bits per heavy atom. The summed E-state index contributed by atoms with van der Waals surface area (Å²) in [5.74, 6) is 0.980. The molecule has 0 fully saturated rings. The van der Waals surface area contributed by atoms with E-state index in [1.54, 1.807) is 7.11 Å². The molecule has 2 N–H and O–H groups in total. The number of benzene rings is 2. The average Bonchev–Trinajstić information content (AvgIpc) is 2.57. The molecule has 1 heterocycles. The van der Waals surface area contributed by atoms with Crippen LogP contribution in [-0.2, 0) is 19.4 Å². The van der Waals surface area contributed by atoms with Crippen molar-refractivity contribution in [3.8, 4) is 5.75 Å². The minimum absolute atomic E-state index is 0.892. The lowest BCUT2D eigenvalue weighted by Crippen LogP contribution is -2.32. The predicted molar refractivity (Wildman–Crippen MR) is 91.2 cm³/mol. The normalized spacial score (nSPS) is 14.6. The van der Waals surface area contributed by atoms with Crippen LogP contribution >= 0.6 is 0 Å². The Morgan fingerprint density at radius 3 is 2.68 bits per heavy atom. The molecule has 0 radical (unpaired) electrons. The van der Waals surface area contributed by atoms with E-state index in [4.69, 9.17) is 10.5 Å². The molecule has 1 aliphatic rings. The van der Waals surface area contributed by atoms with Gasteiger partial charge >= 0.3 is 0 Å². The molecular formula is C19H24N2O. The Labute approximate surface area is 132 Å². The molecule has 3 nitrogen and oxygen atoms in total. The number of rotatable bonds is 5. The van der Waals surface area contributed by atoms with Gasteiger partial charge < -0.3 is 10.5 Å². The van der Waals surface area contributed by atoms with E-state index in [0.717, 1.165) is 43.9 Å². The summed E-state index contributed by atoms with van der Waals surface area (Å²) in [6.07, 6.45) is 3.34. The molecule has 2 aromatic carbocycles. The monoisotopic (exact) mass is 296 g/mol. The summed E-state index contributed by atoms with van der Waals surface area (Å²) in [4.78, 5) is 2.50. The van der Waals surface area contributed by atoms with E-state index >= 15 is 0 Å². The Hall–Kier alpha value is -2.00. The summed E-state index contributed by atoms with van der Waals surface area (Å²) < 4.78 is 5.47. The molecule has 0 aliphatic carbocycles. The molecule has 0 atom stereocenters. The van der Waals surface area contributed by atoms with Crippen LogP contribution in [0.4, 0.5) is 5.69 Å². The molecule has 116 valence electrons. The zero-order chi connectivity index (χ0) is 15.4. The Balaban J connectivity index is 1.60. The van der Waals surface area contributed by atoms with Crippen LogP contribution in [0, 0.1) is 0 Å². The molecule has 2 aromatic rings. The molecule has 0 amide bonds. The van der Waals surface area contributed by atoms with Crippen molar-refractivity contribution in [1.82, 2.24) is 4.90 Å². The highest BCUT2D eigenvalue weighted by Crippen LogP contribution is 2.32. The maximum Gasteiger partial charge on any atom is 0.122 e. The van der Waals surface area contributed by atoms with Gasteiger partial charge in [-0.2, -0.15) is 0 Å². The molecule has 0 saturated heterocycles. The first kappa shape index (κ1) is 14.9. The van der Waals surface area contributed by atoms with Crippen molar-refractivity contribution in [2.45, 2.75) is 25.8 Å². The Morgan fingerprint density at radius 1 is 1.09 bits per heavy atom. The van der Waals surface area contributed by atoms with Crippen LogP contribution in [-0.4, -0.2) is 25.1 Å². The predicted octanol–water partition coefficient (Wildman–Crippen LogP) is 3.27. The van der Waals surface area contributed by atoms with Crippen molar-refractivity contribution < 1.29 is 4.74 Å². The molecule has 3 rings (SSSR count). The third-order valence-corrected chi connectivity index (χ3v) is 4.49. The third kappa shape index (κ3) is 3.25. The maximum atomic E-state index is 6.16. The number of hydrogen-bond acceptors (Lipinski definition) is 3. The standard InChI is InChI=1S/C19H24N2O/c1-22-19-10-9-18(20)17-14-21(13-11-16(17)19)12-5-8-15-6-3-2-4-7-15/h2-4,6-7,9-10H,5,8,11-14,20H2,1H3. The van der Waals surface area contributed by atoms with Gasteiger partial charge in [-0.15, -0.1) is 0 Å². The van der Waals surface area contributed by atoms with Crippen molar-refractivity contribution in [2.75, 3.05) is 25.9 Å². The molecule has 0 saturated carbocycles. The van der Waals surface area contributed by atoms with Gasteiger partial charge in [0.1, 0.15) is 5.75 Å². The smallest absolute Gasteiger partial charge is 0.122 e. The number of nitrogens with two attached hydrogens (primary N) is 1. The topological polar surface area (TPSA) is 38.5 Å². The number of aryl methyl sites for hydroxylation is 1. The first-order valence-corrected chi connectivity index (χ1v) is 7.98. The van der Waals surface area contributed by atoms with Crippen molar-refractivity contribution in [1.29, 1.82) is 0 Å². The summed E-state index contributed by atoms with van der Waals surface area (Å²) >= 11 is 0. The number of nitrogen functional groups attached to an aromatic ring is 1. The van der Waals surface area contributed by atoms with Crippen LogP contribution < -0.4 is 10.5 Å². The zero-order valence-corrected chi connectivity index (χ0v) is 13.2. The van der Waals surface area contributed by atoms with Gasteiger partial charge in [-0.25, -0.2) is 0 Å². The first-order valence-electron chi connectivity index (χ1n) is 7.98. The highest BCUT2D eigenvalue weighted by Gasteiger charge is 2.21. The lowest BCUT2D eigenvalue weighted by molar-refractivity contribution is 0.249. The van der Waals surface area contributed by atoms with E-state index in [-0.39, 0.29) is 0 Å². The fraction of sp³-hybridized carbons (Fsp3) is 0.368. The largest absolute Gasteiger partial charge is 0.496 e. The summed E-state index contributed by atoms with van der Waals surface area (Å²) in [6, 6.07) is 14.6. The Bertz CT molecular complexity index is 625. The van der Waals surface area contributed by atoms with Crippen LogP contribution in [0.2, 0.25) is 0 Å². The summed E-state index contributed by atoms with van der Waals surface area (Å²) in [6.45, 7) is 3.14. The SMILES string of the molecule is COc1ccc(N)c2c1CCN(CCCc1ccccc1)C2. The van der Waals surface area contributed by atoms with Crippen molar-refractivity contribution in [2.24, 2.45) is 0 Å². The van der Waals surface area contributed by atoms with Gasteiger partial charge in [0, 0.05) is 24.3 Å². The van der Waals surface area contributed by atoms with Crippen LogP contribution in [0.1, 0.15) is 23.1 Å². The van der Waals surface area contributed by atoms with E-state index in [1.807, 2.05) is 12.1 Å². The van der Waals surface area contributed by atoms with Crippen LogP contribution in [0.25, 0.3) is 0 Å². The second kappa shape index (κ2) is 6.84. The molecule has 22 heavy (non-hydrogen) atoms. The second-order valence-electron chi connectivity index (χ2n) is 5.93. The third-order valence-electron chi connectivity index (χ3n) is 4.49. The lowest BCUT2D eigenvalue weighted by Gasteiger charge is -2.30. The first-order chi connectivity index (χ1) is 10.8. The summed E-state index contributed by atoms with van der Waals surface area (Å²) in [7, 11) is 1.73. The minimum atomic E-state index is 0.892. The molecule has 1 aliphatic heterocycles. The maximum absolute atomic E-state index is 6.16. The van der Waals surface area contributed by atoms with Gasteiger partial charge in [0.2, 0.25) is 0 Å². The number of methoxy groups -OCH3 is 1. The van der Waals surface area contributed by atoms with E-state index in [1.165, 1.54) is 23.1 Å². The molecule has 0 bridgehead atoms. The van der Waals surface area contributed by atoms with Crippen molar-refractivity contribution >= 4 is 5.69 Å². The lowest BCUT2D eigenvalue weighted by atomic mass is 9.96. The second-order valence-corrected chi connectivity index (χ2v) is 5.93. The average molecular weight is 296 g/mol. The highest BCUT2D eigenvalue weighted by atomic mass is 16.5. The number of nitrogens with zero attached hydrogens (tertiary/aromatic N) is 1. The fourth-order valence-electron chi connectivity index (χ4n) is 3.26. The van der Waals surface area contributed by atoms with E-state index in [0.29, 0.717) is 0 Å². The van der Waals surface area contributed by atoms with Gasteiger partial charge in [-0.3, -0.25) is 4.90 Å². The van der Waals surface area contributed by atoms with E-state index in [2.05, 4.69) is 35.2 Å². The van der Waals surface area contributed by atoms with E-state index < -0.39 is 0 Å². The van der Waals surface area contributed by atoms with Crippen molar-refractivity contribution in [3.05, 3.63) is 59.2 Å². The molecule has 3 heteroatoms. The molecule has 0 spiro atoms. The molecular weight excluding hydrogens is 272 g/mol. The van der Waals surface area contributed by atoms with Crippen LogP contribution in [0.15, 0.2) is 42.5 Å². The Kier molecular flexibility index (Phi) is 4.64.